The zero-order valence-corrected chi connectivity index (χ0v) is 17.3. The van der Waals surface area contributed by atoms with Crippen molar-refractivity contribution < 1.29 is 8.42 Å². The number of rotatable bonds is 9. The van der Waals surface area contributed by atoms with E-state index in [4.69, 9.17) is 5.73 Å². The Morgan fingerprint density at radius 1 is 0.828 bits per heavy atom. The van der Waals surface area contributed by atoms with Crippen LogP contribution in [0.25, 0.3) is 0 Å². The minimum atomic E-state index is -3.73. The van der Waals surface area contributed by atoms with Gasteiger partial charge in [-0.05, 0) is 23.1 Å². The van der Waals surface area contributed by atoms with Crippen LogP contribution in [0, 0.1) is 0 Å². The summed E-state index contributed by atoms with van der Waals surface area (Å²) in [4.78, 5) is 0. The van der Waals surface area contributed by atoms with Crippen LogP contribution in [-0.4, -0.2) is 26.3 Å². The molecule has 0 heterocycles. The first kappa shape index (κ1) is 21.2. The van der Waals surface area contributed by atoms with Crippen molar-refractivity contribution in [3.63, 3.8) is 0 Å². The molecule has 5 nitrogen and oxygen atoms in total. The standard InChI is InChI=1S/C23H27N3O2S/c1-26(18-17-19-11-5-2-6-12-19)29(27,28)25-23(21-15-9-4-10-16-21)22(24)20-13-7-3-8-14-20/h2-16,22-23,25H,17-18,24H2,1H3/t22-,23-/m0/s1. The Morgan fingerprint density at radius 2 is 1.31 bits per heavy atom. The van der Waals surface area contributed by atoms with Crippen molar-refractivity contribution in [2.24, 2.45) is 5.73 Å². The first-order valence-electron chi connectivity index (χ1n) is 9.60. The number of nitrogens with two attached hydrogens (primary N) is 1. The zero-order valence-electron chi connectivity index (χ0n) is 16.5. The third-order valence-electron chi connectivity index (χ3n) is 4.95. The summed E-state index contributed by atoms with van der Waals surface area (Å²) in [5.41, 5.74) is 9.29. The largest absolute Gasteiger partial charge is 0.322 e. The summed E-state index contributed by atoms with van der Waals surface area (Å²) < 4.78 is 30.2. The van der Waals surface area contributed by atoms with Gasteiger partial charge in [0.1, 0.15) is 0 Å². The zero-order chi connectivity index (χ0) is 20.7. The summed E-state index contributed by atoms with van der Waals surface area (Å²) >= 11 is 0. The van der Waals surface area contributed by atoms with Gasteiger partial charge >= 0.3 is 0 Å². The molecule has 0 spiro atoms. The molecule has 0 radical (unpaired) electrons. The summed E-state index contributed by atoms with van der Waals surface area (Å²) in [5, 5.41) is 0. The second-order valence-electron chi connectivity index (χ2n) is 7.00. The Balaban J connectivity index is 1.78. The van der Waals surface area contributed by atoms with E-state index in [-0.39, 0.29) is 0 Å². The van der Waals surface area contributed by atoms with Crippen molar-refractivity contribution >= 4 is 10.2 Å². The molecule has 0 aliphatic carbocycles. The fourth-order valence-corrected chi connectivity index (χ4v) is 4.29. The summed E-state index contributed by atoms with van der Waals surface area (Å²) in [6.45, 7) is 0.376. The highest BCUT2D eigenvalue weighted by atomic mass is 32.2. The SMILES string of the molecule is CN(CCc1ccccc1)S(=O)(=O)N[C@@H](c1ccccc1)[C@@H](N)c1ccccc1. The van der Waals surface area contributed by atoms with Gasteiger partial charge < -0.3 is 5.73 Å². The van der Waals surface area contributed by atoms with Crippen molar-refractivity contribution in [1.29, 1.82) is 0 Å². The maximum Gasteiger partial charge on any atom is 0.279 e. The third-order valence-corrected chi connectivity index (χ3v) is 6.50. The molecule has 3 N–H and O–H groups in total. The van der Waals surface area contributed by atoms with Crippen LogP contribution in [0.15, 0.2) is 91.0 Å². The summed E-state index contributed by atoms with van der Waals surface area (Å²) in [6, 6.07) is 27.7. The maximum atomic E-state index is 13.0. The van der Waals surface area contributed by atoms with Gasteiger partial charge in [0.2, 0.25) is 0 Å². The molecule has 0 saturated heterocycles. The van der Waals surface area contributed by atoms with Gasteiger partial charge in [-0.15, -0.1) is 0 Å². The first-order valence-corrected chi connectivity index (χ1v) is 11.0. The number of benzene rings is 3. The van der Waals surface area contributed by atoms with Gasteiger partial charge in [-0.25, -0.2) is 0 Å². The number of likely N-dealkylation sites (N-methyl/N-ethyl adjacent to an activating group) is 1. The molecule has 0 bridgehead atoms. The van der Waals surface area contributed by atoms with Gasteiger partial charge in [-0.3, -0.25) is 0 Å². The Kier molecular flexibility index (Phi) is 7.17. The Labute approximate surface area is 173 Å². The van der Waals surface area contributed by atoms with E-state index in [9.17, 15) is 8.42 Å². The Bertz CT molecular complexity index is 980. The van der Waals surface area contributed by atoms with Gasteiger partial charge in [0.05, 0.1) is 12.1 Å². The molecule has 0 aliphatic heterocycles. The molecule has 3 aromatic carbocycles. The third kappa shape index (κ3) is 5.74. The lowest BCUT2D eigenvalue weighted by Crippen LogP contribution is -2.44. The van der Waals surface area contributed by atoms with Crippen LogP contribution in [0.3, 0.4) is 0 Å². The highest BCUT2D eigenvalue weighted by Gasteiger charge is 2.28. The predicted octanol–water partition coefficient (Wildman–Crippen LogP) is 3.44. The molecule has 6 heteroatoms. The number of hydrogen-bond donors (Lipinski definition) is 2. The second kappa shape index (κ2) is 9.80. The van der Waals surface area contributed by atoms with Crippen LogP contribution in [0.1, 0.15) is 28.8 Å². The minimum Gasteiger partial charge on any atom is -0.322 e. The molecule has 0 aliphatic rings. The topological polar surface area (TPSA) is 75.4 Å². The van der Waals surface area contributed by atoms with E-state index in [2.05, 4.69) is 4.72 Å². The summed E-state index contributed by atoms with van der Waals surface area (Å²) in [7, 11) is -2.14. The smallest absolute Gasteiger partial charge is 0.279 e. The predicted molar refractivity (Wildman–Crippen MR) is 117 cm³/mol. The highest BCUT2D eigenvalue weighted by molar-refractivity contribution is 7.87. The van der Waals surface area contributed by atoms with E-state index in [1.54, 1.807) is 7.05 Å². The Morgan fingerprint density at radius 3 is 1.86 bits per heavy atom. The molecule has 0 amide bonds. The average molecular weight is 410 g/mol. The molecule has 152 valence electrons. The Hall–Kier alpha value is -2.51. The van der Waals surface area contributed by atoms with Crippen LogP contribution in [0.2, 0.25) is 0 Å². The molecular weight excluding hydrogens is 382 g/mol. The van der Waals surface area contributed by atoms with Crippen molar-refractivity contribution in [3.05, 3.63) is 108 Å². The highest BCUT2D eigenvalue weighted by Crippen LogP contribution is 2.27. The molecule has 0 fully saturated rings. The van der Waals surface area contributed by atoms with Gasteiger partial charge in [0.25, 0.3) is 10.2 Å². The van der Waals surface area contributed by atoms with E-state index in [1.807, 2.05) is 91.0 Å². The van der Waals surface area contributed by atoms with Crippen molar-refractivity contribution in [2.75, 3.05) is 13.6 Å². The van der Waals surface area contributed by atoms with Crippen LogP contribution in [0.4, 0.5) is 0 Å². The molecule has 0 aromatic heterocycles. The molecule has 2 atom stereocenters. The van der Waals surface area contributed by atoms with Crippen LogP contribution in [0.5, 0.6) is 0 Å². The minimum absolute atomic E-state index is 0.376. The monoisotopic (exact) mass is 409 g/mol. The van der Waals surface area contributed by atoms with Gasteiger partial charge in [-0.1, -0.05) is 91.0 Å². The number of nitrogens with one attached hydrogen (secondary N) is 1. The number of hydrogen-bond acceptors (Lipinski definition) is 3. The quantitative estimate of drug-likeness (QED) is 0.568. The molecular formula is C23H27N3O2S. The van der Waals surface area contributed by atoms with E-state index < -0.39 is 22.3 Å². The first-order chi connectivity index (χ1) is 14.0. The normalized spacial score (nSPS) is 13.9. The molecule has 0 saturated carbocycles. The van der Waals surface area contributed by atoms with E-state index in [0.717, 1.165) is 16.7 Å². The molecule has 3 aromatic rings. The fraction of sp³-hybridized carbons (Fsp3) is 0.217. The van der Waals surface area contributed by atoms with Gasteiger partial charge in [0.15, 0.2) is 0 Å². The van der Waals surface area contributed by atoms with Crippen molar-refractivity contribution in [2.45, 2.75) is 18.5 Å². The molecule has 29 heavy (non-hydrogen) atoms. The lowest BCUT2D eigenvalue weighted by atomic mass is 9.95. The second-order valence-corrected chi connectivity index (χ2v) is 8.81. The van der Waals surface area contributed by atoms with Crippen LogP contribution < -0.4 is 10.5 Å². The maximum absolute atomic E-state index is 13.0. The average Bonchev–Trinajstić information content (AvgIpc) is 2.77. The lowest BCUT2D eigenvalue weighted by molar-refractivity contribution is 0.434. The summed E-state index contributed by atoms with van der Waals surface area (Å²) in [5.74, 6) is 0. The summed E-state index contributed by atoms with van der Waals surface area (Å²) in [6.07, 6.45) is 0.638. The van der Waals surface area contributed by atoms with E-state index >= 15 is 0 Å². The van der Waals surface area contributed by atoms with Crippen LogP contribution >= 0.6 is 0 Å². The van der Waals surface area contributed by atoms with Gasteiger partial charge in [0, 0.05) is 13.6 Å². The van der Waals surface area contributed by atoms with Gasteiger partial charge in [-0.2, -0.15) is 17.4 Å². The van der Waals surface area contributed by atoms with E-state index in [1.165, 1.54) is 4.31 Å². The lowest BCUT2D eigenvalue weighted by Gasteiger charge is -2.28. The van der Waals surface area contributed by atoms with Crippen LogP contribution in [-0.2, 0) is 16.6 Å². The fourth-order valence-electron chi connectivity index (χ4n) is 3.18. The van der Waals surface area contributed by atoms with Crippen molar-refractivity contribution in [3.8, 4) is 0 Å². The van der Waals surface area contributed by atoms with Crippen molar-refractivity contribution in [1.82, 2.24) is 9.03 Å². The number of nitrogens with zero attached hydrogens (tertiary/aromatic N) is 1. The molecule has 3 rings (SSSR count). The van der Waals surface area contributed by atoms with E-state index in [0.29, 0.717) is 13.0 Å². The molecule has 0 unspecified atom stereocenters.